The third kappa shape index (κ3) is 4.23. The molecule has 0 aliphatic carbocycles. The number of aromatic hydroxyl groups is 1. The molecule has 0 spiro atoms. The third-order valence-corrected chi connectivity index (χ3v) is 5.86. The predicted molar refractivity (Wildman–Crippen MR) is 113 cm³/mol. The fraction of sp³-hybridized carbons (Fsp3) is 0.435. The Morgan fingerprint density at radius 3 is 2.21 bits per heavy atom. The highest BCUT2D eigenvalue weighted by Gasteiger charge is 2.48. The van der Waals surface area contributed by atoms with Gasteiger partial charge < -0.3 is 44.1 Å². The summed E-state index contributed by atoms with van der Waals surface area (Å²) in [4.78, 5) is 13.5. The minimum Gasteiger partial charge on any atom is -0.507 e. The van der Waals surface area contributed by atoms with Gasteiger partial charge in [0.05, 0.1) is 20.3 Å². The summed E-state index contributed by atoms with van der Waals surface area (Å²) in [5.74, 6) is 0.0247. The highest BCUT2D eigenvalue weighted by molar-refractivity contribution is 6.05. The highest BCUT2D eigenvalue weighted by Crippen LogP contribution is 2.44. The number of carbonyl (C=O) groups excluding carboxylic acids is 1. The summed E-state index contributed by atoms with van der Waals surface area (Å²) in [6, 6.07) is 9.52. The van der Waals surface area contributed by atoms with Crippen LogP contribution in [0.15, 0.2) is 36.4 Å². The average Bonchev–Trinajstić information content (AvgIpc) is 2.82. The molecule has 0 unspecified atom stereocenters. The van der Waals surface area contributed by atoms with Crippen molar-refractivity contribution in [2.75, 3.05) is 14.2 Å². The summed E-state index contributed by atoms with van der Waals surface area (Å²) >= 11 is 0. The van der Waals surface area contributed by atoms with Gasteiger partial charge in [-0.15, -0.1) is 0 Å². The monoisotopic (exact) mass is 462 g/mol. The second-order valence-electron chi connectivity index (χ2n) is 7.93. The molecule has 33 heavy (non-hydrogen) atoms. The Hall–Kier alpha value is -2.89. The number of aliphatic hydroxyl groups is 3. The van der Waals surface area contributed by atoms with Crippen molar-refractivity contribution in [3.63, 3.8) is 0 Å². The number of phenolic OH excluding ortho intramolecular Hbond substituents is 1. The lowest BCUT2D eigenvalue weighted by Gasteiger charge is -2.42. The largest absolute Gasteiger partial charge is 0.507 e. The van der Waals surface area contributed by atoms with Gasteiger partial charge >= 0.3 is 0 Å². The Bertz CT molecular complexity index is 1010. The van der Waals surface area contributed by atoms with E-state index in [1.54, 1.807) is 24.3 Å². The van der Waals surface area contributed by atoms with Crippen molar-refractivity contribution in [3.05, 3.63) is 47.5 Å². The van der Waals surface area contributed by atoms with Crippen LogP contribution in [0.2, 0.25) is 0 Å². The number of Topliss-reactive ketones (excluding diaryl/α,β-unsaturated/α-hetero) is 1. The quantitative estimate of drug-likeness (QED) is 0.507. The summed E-state index contributed by atoms with van der Waals surface area (Å²) in [6.07, 6.45) is -9.12. The van der Waals surface area contributed by atoms with E-state index >= 15 is 0 Å². The number of carbonyl (C=O) groups is 1. The lowest BCUT2D eigenvalue weighted by Crippen LogP contribution is -2.59. The minimum absolute atomic E-state index is 0.103. The SMILES string of the molecule is COc1ccc([C@H]2Oc3cc(OC)cc(O)c3C(=O)[C@@H]2O[C@@H]2O[C@@H](C)[C@H](O)[C@@H](O)[C@H]2O)cc1. The number of benzene rings is 2. The summed E-state index contributed by atoms with van der Waals surface area (Å²) < 4.78 is 27.8. The van der Waals surface area contributed by atoms with E-state index in [9.17, 15) is 25.2 Å². The van der Waals surface area contributed by atoms with Crippen molar-refractivity contribution in [2.24, 2.45) is 0 Å². The van der Waals surface area contributed by atoms with Crippen molar-refractivity contribution in [3.8, 4) is 23.0 Å². The number of rotatable bonds is 5. The fourth-order valence-corrected chi connectivity index (χ4v) is 3.95. The van der Waals surface area contributed by atoms with Gasteiger partial charge in [-0.1, -0.05) is 12.1 Å². The van der Waals surface area contributed by atoms with Crippen LogP contribution in [-0.2, 0) is 9.47 Å². The van der Waals surface area contributed by atoms with Gasteiger partial charge in [0.15, 0.2) is 18.5 Å². The number of methoxy groups -OCH3 is 2. The van der Waals surface area contributed by atoms with Crippen molar-refractivity contribution < 1.29 is 48.9 Å². The van der Waals surface area contributed by atoms with Crippen LogP contribution in [0.1, 0.15) is 28.9 Å². The standard InChI is InChI=1S/C23H26O10/c1-10-17(25)19(27)20(28)23(31-10)33-22-18(26)16-14(24)8-13(30-3)9-15(16)32-21(22)11-4-6-12(29-2)7-5-11/h4-10,17,19-25,27-28H,1-3H3/t10-,17-,19+,20+,21+,22-,23-/m0/s1. The maximum absolute atomic E-state index is 13.5. The Labute approximate surface area is 189 Å². The molecule has 4 N–H and O–H groups in total. The molecule has 1 fully saturated rings. The molecular weight excluding hydrogens is 436 g/mol. The molecule has 4 rings (SSSR count). The Morgan fingerprint density at radius 1 is 0.909 bits per heavy atom. The molecule has 0 bridgehead atoms. The molecule has 2 aliphatic rings. The Balaban J connectivity index is 1.73. The van der Waals surface area contributed by atoms with Gasteiger partial charge in [-0.25, -0.2) is 0 Å². The van der Waals surface area contributed by atoms with Gasteiger partial charge in [-0.2, -0.15) is 0 Å². The number of phenols is 1. The lowest BCUT2D eigenvalue weighted by atomic mass is 9.92. The molecule has 2 heterocycles. The summed E-state index contributed by atoms with van der Waals surface area (Å²) in [6.45, 7) is 1.50. The van der Waals surface area contributed by atoms with E-state index in [1.165, 1.54) is 33.3 Å². The van der Waals surface area contributed by atoms with Gasteiger partial charge in [0.1, 0.15) is 46.9 Å². The molecule has 0 aromatic heterocycles. The van der Waals surface area contributed by atoms with Gasteiger partial charge in [-0.05, 0) is 24.6 Å². The highest BCUT2D eigenvalue weighted by atomic mass is 16.7. The smallest absolute Gasteiger partial charge is 0.203 e. The van der Waals surface area contributed by atoms with Crippen molar-refractivity contribution in [1.82, 2.24) is 0 Å². The van der Waals surface area contributed by atoms with Crippen LogP contribution >= 0.6 is 0 Å². The second kappa shape index (κ2) is 9.16. The van der Waals surface area contributed by atoms with Crippen LogP contribution in [-0.4, -0.2) is 77.2 Å². The van der Waals surface area contributed by atoms with Crippen molar-refractivity contribution in [2.45, 2.75) is 49.8 Å². The molecule has 10 nitrogen and oxygen atoms in total. The molecular formula is C23H26O10. The van der Waals surface area contributed by atoms with Crippen molar-refractivity contribution >= 4 is 5.78 Å². The van der Waals surface area contributed by atoms with E-state index in [1.807, 2.05) is 0 Å². The molecule has 0 radical (unpaired) electrons. The van der Waals surface area contributed by atoms with Crippen LogP contribution in [0.5, 0.6) is 23.0 Å². The van der Waals surface area contributed by atoms with E-state index < -0.39 is 48.7 Å². The molecule has 0 saturated carbocycles. The zero-order valence-electron chi connectivity index (χ0n) is 18.2. The molecule has 10 heteroatoms. The topological polar surface area (TPSA) is 144 Å². The van der Waals surface area contributed by atoms with Gasteiger partial charge in [0.25, 0.3) is 0 Å². The number of ether oxygens (including phenoxy) is 5. The predicted octanol–water partition coefficient (Wildman–Crippen LogP) is 0.938. The van der Waals surface area contributed by atoms with Crippen LogP contribution < -0.4 is 14.2 Å². The van der Waals surface area contributed by atoms with E-state index in [2.05, 4.69) is 0 Å². The summed E-state index contributed by atoms with van der Waals surface area (Å²) in [7, 11) is 2.94. The summed E-state index contributed by atoms with van der Waals surface area (Å²) in [5, 5.41) is 40.9. The normalized spacial score (nSPS) is 31.5. The number of fused-ring (bicyclic) bond motifs is 1. The minimum atomic E-state index is -1.62. The van der Waals surface area contributed by atoms with Crippen LogP contribution in [0.3, 0.4) is 0 Å². The second-order valence-corrected chi connectivity index (χ2v) is 7.93. The lowest BCUT2D eigenvalue weighted by molar-refractivity contribution is -0.304. The first-order chi connectivity index (χ1) is 15.7. The Morgan fingerprint density at radius 2 is 1.58 bits per heavy atom. The van der Waals surface area contributed by atoms with Crippen molar-refractivity contribution in [1.29, 1.82) is 0 Å². The third-order valence-electron chi connectivity index (χ3n) is 5.86. The van der Waals surface area contributed by atoms with Gasteiger partial charge in [0, 0.05) is 12.1 Å². The Kier molecular flexibility index (Phi) is 6.46. The molecule has 2 aromatic carbocycles. The molecule has 0 amide bonds. The molecule has 1 saturated heterocycles. The number of hydrogen-bond donors (Lipinski definition) is 4. The number of hydrogen-bond acceptors (Lipinski definition) is 10. The number of aliphatic hydroxyl groups excluding tert-OH is 3. The fourth-order valence-electron chi connectivity index (χ4n) is 3.95. The van der Waals surface area contributed by atoms with E-state index in [-0.39, 0.29) is 17.1 Å². The average molecular weight is 462 g/mol. The molecule has 7 atom stereocenters. The van der Waals surface area contributed by atoms with Crippen LogP contribution in [0.4, 0.5) is 0 Å². The van der Waals surface area contributed by atoms with E-state index in [4.69, 9.17) is 23.7 Å². The first-order valence-corrected chi connectivity index (χ1v) is 10.4. The zero-order chi connectivity index (χ0) is 23.9. The first-order valence-electron chi connectivity index (χ1n) is 10.4. The molecule has 178 valence electrons. The molecule has 2 aromatic rings. The maximum Gasteiger partial charge on any atom is 0.203 e. The zero-order valence-corrected chi connectivity index (χ0v) is 18.2. The molecule has 2 aliphatic heterocycles. The van der Waals surface area contributed by atoms with Gasteiger partial charge in [0.2, 0.25) is 5.78 Å². The number of ketones is 1. The van der Waals surface area contributed by atoms with E-state index in [0.717, 1.165) is 0 Å². The first kappa shape index (κ1) is 23.3. The van der Waals surface area contributed by atoms with Crippen LogP contribution in [0, 0.1) is 0 Å². The maximum atomic E-state index is 13.5. The summed E-state index contributed by atoms with van der Waals surface area (Å²) in [5.41, 5.74) is 0.450. The van der Waals surface area contributed by atoms with Crippen LogP contribution in [0.25, 0.3) is 0 Å². The van der Waals surface area contributed by atoms with E-state index in [0.29, 0.717) is 17.1 Å². The van der Waals surface area contributed by atoms with Gasteiger partial charge in [-0.3, -0.25) is 4.79 Å².